The van der Waals surface area contributed by atoms with Crippen molar-refractivity contribution in [1.82, 2.24) is 0 Å². The quantitative estimate of drug-likeness (QED) is 0.513. The predicted octanol–water partition coefficient (Wildman–Crippen LogP) is 0.635. The summed E-state index contributed by atoms with van der Waals surface area (Å²) in [5.41, 5.74) is 0.978. The second-order valence-corrected chi connectivity index (χ2v) is 9.13. The first kappa shape index (κ1) is 21.9. The van der Waals surface area contributed by atoms with Crippen molar-refractivity contribution in [1.29, 1.82) is 0 Å². The number of carbonyl (C=O) groups is 1. The summed E-state index contributed by atoms with van der Waals surface area (Å²) in [5, 5.41) is 39.6. The average Bonchev–Trinajstić information content (AvgIpc) is 2.62. The highest BCUT2D eigenvalue weighted by Gasteiger charge is 2.48. The van der Waals surface area contributed by atoms with Crippen LogP contribution < -0.4 is 0 Å². The van der Waals surface area contributed by atoms with Crippen molar-refractivity contribution in [2.45, 2.75) is 77.3 Å². The van der Waals surface area contributed by atoms with E-state index in [0.29, 0.717) is 24.5 Å². The van der Waals surface area contributed by atoms with Gasteiger partial charge in [-0.15, -0.1) is 0 Å². The normalized spacial score (nSPS) is 47.0. The molecular weight excluding hydrogens is 364 g/mol. The fourth-order valence-corrected chi connectivity index (χ4v) is 5.25. The Labute approximate surface area is 166 Å². The number of aliphatic hydroxyl groups excluding tert-OH is 4. The number of fused-ring (bicyclic) bond motifs is 1. The summed E-state index contributed by atoms with van der Waals surface area (Å²) in [4.78, 5) is 12.6. The van der Waals surface area contributed by atoms with E-state index in [4.69, 9.17) is 9.47 Å². The minimum Gasteiger partial charge on any atom is -0.394 e. The van der Waals surface area contributed by atoms with E-state index in [2.05, 4.69) is 26.8 Å². The fraction of sp³-hybridized carbons (Fsp3) is 0.857. The van der Waals surface area contributed by atoms with Gasteiger partial charge < -0.3 is 29.9 Å². The van der Waals surface area contributed by atoms with E-state index < -0.39 is 37.3 Å². The number of ether oxygens (including phenoxy) is 2. The molecule has 0 aromatic heterocycles. The molecule has 7 heteroatoms. The number of hydrogen-bond donors (Lipinski definition) is 4. The first-order chi connectivity index (χ1) is 13.1. The highest BCUT2D eigenvalue weighted by molar-refractivity contribution is 5.83. The number of aliphatic hydroxyl groups is 4. The zero-order chi connectivity index (χ0) is 20.7. The summed E-state index contributed by atoms with van der Waals surface area (Å²) in [6.07, 6.45) is -3.27. The minimum atomic E-state index is -1.45. The van der Waals surface area contributed by atoms with E-state index in [0.717, 1.165) is 5.57 Å². The molecule has 0 aromatic rings. The molecule has 1 aliphatic heterocycles. The molecule has 0 amide bonds. The third kappa shape index (κ3) is 3.93. The van der Waals surface area contributed by atoms with Crippen molar-refractivity contribution in [2.75, 3.05) is 6.61 Å². The van der Waals surface area contributed by atoms with Crippen molar-refractivity contribution in [3.8, 4) is 0 Å². The van der Waals surface area contributed by atoms with Crippen LogP contribution in [0.25, 0.3) is 0 Å². The van der Waals surface area contributed by atoms with Crippen LogP contribution in [0.2, 0.25) is 0 Å². The van der Waals surface area contributed by atoms with Gasteiger partial charge in [0.1, 0.15) is 30.2 Å². The molecule has 28 heavy (non-hydrogen) atoms. The first-order valence-corrected chi connectivity index (χ1v) is 10.3. The van der Waals surface area contributed by atoms with Gasteiger partial charge in [-0.2, -0.15) is 0 Å². The Morgan fingerprint density at radius 2 is 1.89 bits per heavy atom. The molecule has 1 heterocycles. The van der Waals surface area contributed by atoms with Crippen LogP contribution in [0, 0.1) is 29.6 Å². The van der Waals surface area contributed by atoms with Gasteiger partial charge in [-0.1, -0.05) is 26.8 Å². The van der Waals surface area contributed by atoms with Crippen LogP contribution in [0.5, 0.6) is 0 Å². The molecule has 1 saturated heterocycles. The molecular formula is C21H34O7. The Morgan fingerprint density at radius 1 is 1.21 bits per heavy atom. The van der Waals surface area contributed by atoms with Gasteiger partial charge in [0.25, 0.3) is 0 Å². The molecule has 7 nitrogen and oxygen atoms in total. The molecule has 3 rings (SSSR count). The van der Waals surface area contributed by atoms with Crippen LogP contribution >= 0.6 is 0 Å². The summed E-state index contributed by atoms with van der Waals surface area (Å²) in [5.74, 6) is 1.36. The topological polar surface area (TPSA) is 116 Å². The zero-order valence-electron chi connectivity index (χ0n) is 17.1. The summed E-state index contributed by atoms with van der Waals surface area (Å²) in [7, 11) is 0. The standard InChI is InChI=1S/C21H34O7/c1-9(2)17-13-5-11(4)15(7-12(13)10(3)6-14(17)23)27-21-20(26)19(25)18(24)16(8-22)28-21/h5,9-10,12-13,15-22,24-26H,6-8H2,1-4H3/t10-,12+,13-,15-,16-,17+,18+,19+,20+,21-/m0/s1. The molecule has 4 N–H and O–H groups in total. The molecule has 0 aromatic carbocycles. The van der Waals surface area contributed by atoms with Gasteiger partial charge in [-0.05, 0) is 42.6 Å². The maximum atomic E-state index is 12.6. The second kappa shape index (κ2) is 8.50. The molecule has 2 fully saturated rings. The molecule has 0 bridgehead atoms. The van der Waals surface area contributed by atoms with E-state index >= 15 is 0 Å². The van der Waals surface area contributed by atoms with Crippen molar-refractivity contribution < 1.29 is 34.7 Å². The van der Waals surface area contributed by atoms with Gasteiger partial charge in [-0.3, -0.25) is 4.79 Å². The lowest BCUT2D eigenvalue weighted by molar-refractivity contribution is -0.310. The molecule has 160 valence electrons. The third-order valence-corrected chi connectivity index (χ3v) is 6.85. The molecule has 0 radical (unpaired) electrons. The van der Waals surface area contributed by atoms with E-state index in [-0.39, 0.29) is 29.8 Å². The van der Waals surface area contributed by atoms with Gasteiger partial charge in [0.05, 0.1) is 12.7 Å². The van der Waals surface area contributed by atoms with E-state index in [1.807, 2.05) is 6.92 Å². The number of hydrogen-bond acceptors (Lipinski definition) is 7. The summed E-state index contributed by atoms with van der Waals surface area (Å²) in [6.45, 7) is 7.76. The monoisotopic (exact) mass is 398 g/mol. The predicted molar refractivity (Wildman–Crippen MR) is 101 cm³/mol. The number of ketones is 1. The smallest absolute Gasteiger partial charge is 0.187 e. The van der Waals surface area contributed by atoms with E-state index in [9.17, 15) is 25.2 Å². The van der Waals surface area contributed by atoms with Crippen molar-refractivity contribution >= 4 is 5.78 Å². The third-order valence-electron chi connectivity index (χ3n) is 6.85. The Hall–Kier alpha value is -0.830. The summed E-state index contributed by atoms with van der Waals surface area (Å²) >= 11 is 0. The van der Waals surface area contributed by atoms with Gasteiger partial charge >= 0.3 is 0 Å². The van der Waals surface area contributed by atoms with E-state index in [1.165, 1.54) is 0 Å². The minimum absolute atomic E-state index is 0.0179. The van der Waals surface area contributed by atoms with Crippen LogP contribution in [0.15, 0.2) is 11.6 Å². The van der Waals surface area contributed by atoms with Crippen molar-refractivity contribution in [3.63, 3.8) is 0 Å². The largest absolute Gasteiger partial charge is 0.394 e. The lowest BCUT2D eigenvalue weighted by Gasteiger charge is -2.47. The molecule has 2 aliphatic carbocycles. The van der Waals surface area contributed by atoms with Gasteiger partial charge in [0, 0.05) is 12.3 Å². The van der Waals surface area contributed by atoms with E-state index in [1.54, 1.807) is 0 Å². The maximum absolute atomic E-state index is 12.6. The second-order valence-electron chi connectivity index (χ2n) is 9.13. The lowest BCUT2D eigenvalue weighted by atomic mass is 9.59. The average molecular weight is 398 g/mol. The summed E-state index contributed by atoms with van der Waals surface area (Å²) < 4.78 is 11.5. The zero-order valence-corrected chi connectivity index (χ0v) is 17.1. The highest BCUT2D eigenvalue weighted by atomic mass is 16.7. The van der Waals surface area contributed by atoms with Gasteiger partial charge in [-0.25, -0.2) is 0 Å². The van der Waals surface area contributed by atoms with Crippen molar-refractivity contribution in [3.05, 3.63) is 11.6 Å². The number of Topliss-reactive ketones (excluding diaryl/α,β-unsaturated/α-hetero) is 1. The van der Waals surface area contributed by atoms with Crippen LogP contribution in [0.4, 0.5) is 0 Å². The van der Waals surface area contributed by atoms with Gasteiger partial charge in [0.15, 0.2) is 6.29 Å². The Bertz CT molecular complexity index is 602. The number of allylic oxidation sites excluding steroid dienone is 1. The van der Waals surface area contributed by atoms with Gasteiger partial charge in [0.2, 0.25) is 0 Å². The molecule has 10 atom stereocenters. The maximum Gasteiger partial charge on any atom is 0.187 e. The van der Waals surface area contributed by atoms with Crippen LogP contribution in [0.3, 0.4) is 0 Å². The van der Waals surface area contributed by atoms with Crippen LogP contribution in [-0.2, 0) is 14.3 Å². The van der Waals surface area contributed by atoms with Crippen molar-refractivity contribution in [2.24, 2.45) is 29.6 Å². The Kier molecular flexibility index (Phi) is 6.64. The molecule has 0 spiro atoms. The highest BCUT2D eigenvalue weighted by Crippen LogP contribution is 2.47. The SMILES string of the molecule is CC1=C[C@H]2[C@H](C[C@@H]1O[C@H]1O[C@@H](CO)[C@@H](O)[C@@H](O)[C@H]1O)[C@@H](C)CC(=O)[C@@H]2C(C)C. The Balaban J connectivity index is 1.78. The fourth-order valence-electron chi connectivity index (χ4n) is 5.25. The Morgan fingerprint density at radius 3 is 2.50 bits per heavy atom. The summed E-state index contributed by atoms with van der Waals surface area (Å²) in [6, 6.07) is 0. The lowest BCUT2D eigenvalue weighted by Crippen LogP contribution is -2.60. The molecule has 1 saturated carbocycles. The molecule has 0 unspecified atom stereocenters. The first-order valence-electron chi connectivity index (χ1n) is 10.3. The van der Waals surface area contributed by atoms with Crippen LogP contribution in [0.1, 0.15) is 40.5 Å². The van der Waals surface area contributed by atoms with Crippen LogP contribution in [-0.4, -0.2) is 69.6 Å². The number of carbonyl (C=O) groups excluding carboxylic acids is 1. The number of rotatable bonds is 4. The molecule has 3 aliphatic rings.